The lowest BCUT2D eigenvalue weighted by Crippen LogP contribution is -2.36. The van der Waals surface area contributed by atoms with Crippen molar-refractivity contribution in [1.82, 2.24) is 15.3 Å². The number of rotatable bonds is 7. The number of hydrogen-bond acceptors (Lipinski definition) is 9. The number of nitroso groups, excluding NO2 is 1. The molecule has 2 aromatic carbocycles. The molecule has 2 heterocycles. The Labute approximate surface area is 226 Å². The number of carbonyl (C=O) groups excluding carboxylic acids is 1. The highest BCUT2D eigenvalue weighted by Gasteiger charge is 2.21. The van der Waals surface area contributed by atoms with Crippen LogP contribution in [0.15, 0.2) is 58.6 Å². The third kappa shape index (κ3) is 6.66. The zero-order chi connectivity index (χ0) is 27.3. The first-order valence-electron chi connectivity index (χ1n) is 11.9. The summed E-state index contributed by atoms with van der Waals surface area (Å²) in [6.07, 6.45) is 3.18. The summed E-state index contributed by atoms with van der Waals surface area (Å²) >= 11 is 5.30. The minimum absolute atomic E-state index is 0.00474. The number of anilines is 3. The molecule has 1 aliphatic rings. The van der Waals surface area contributed by atoms with E-state index >= 15 is 0 Å². The van der Waals surface area contributed by atoms with Gasteiger partial charge in [0.25, 0.3) is 15.9 Å². The monoisotopic (exact) mass is 553 g/mol. The van der Waals surface area contributed by atoms with Gasteiger partial charge in [-0.2, -0.15) is 0 Å². The Bertz CT molecular complexity index is 1450. The number of nitrogens with zero attached hydrogens (tertiary/aromatic N) is 4. The van der Waals surface area contributed by atoms with Gasteiger partial charge in [-0.1, -0.05) is 0 Å². The van der Waals surface area contributed by atoms with Crippen molar-refractivity contribution in [3.8, 4) is 0 Å². The van der Waals surface area contributed by atoms with Gasteiger partial charge in [0.15, 0.2) is 5.11 Å². The molecule has 0 radical (unpaired) electrons. The number of aryl methyl sites for hydroxylation is 2. The van der Waals surface area contributed by atoms with E-state index in [-0.39, 0.29) is 21.6 Å². The molecule has 0 bridgehead atoms. The van der Waals surface area contributed by atoms with E-state index < -0.39 is 15.9 Å². The molecule has 11 nitrogen and oxygen atoms in total. The Morgan fingerprint density at radius 3 is 2.26 bits per heavy atom. The summed E-state index contributed by atoms with van der Waals surface area (Å²) in [6.45, 7) is 5.13. The molecule has 1 fully saturated rings. The van der Waals surface area contributed by atoms with Crippen LogP contribution in [-0.2, 0) is 10.0 Å². The Hall–Kier alpha value is -3.97. The van der Waals surface area contributed by atoms with E-state index in [0.29, 0.717) is 28.3 Å². The highest BCUT2D eigenvalue weighted by molar-refractivity contribution is 7.92. The van der Waals surface area contributed by atoms with E-state index in [2.05, 4.69) is 35.4 Å². The van der Waals surface area contributed by atoms with Crippen molar-refractivity contribution in [3.63, 3.8) is 0 Å². The Kier molecular flexibility index (Phi) is 8.27. The van der Waals surface area contributed by atoms with E-state index in [9.17, 15) is 18.1 Å². The molecule has 3 N–H and O–H groups in total. The van der Waals surface area contributed by atoms with Crippen LogP contribution in [0, 0.1) is 18.8 Å². The van der Waals surface area contributed by atoms with Gasteiger partial charge in [-0.25, -0.2) is 23.1 Å². The van der Waals surface area contributed by atoms with Gasteiger partial charge in [0.05, 0.1) is 10.5 Å². The fourth-order valence-electron chi connectivity index (χ4n) is 4.17. The molecule has 0 unspecified atom stereocenters. The van der Waals surface area contributed by atoms with Crippen LogP contribution in [0.2, 0.25) is 0 Å². The molecule has 38 heavy (non-hydrogen) atoms. The van der Waals surface area contributed by atoms with Crippen LogP contribution < -0.4 is 20.3 Å². The molecule has 1 aliphatic heterocycles. The number of piperidine rings is 1. The third-order valence-corrected chi connectivity index (χ3v) is 7.43. The van der Waals surface area contributed by atoms with Gasteiger partial charge in [0.2, 0.25) is 5.95 Å². The number of thiocarbonyl (C=S) groups is 1. The van der Waals surface area contributed by atoms with Crippen molar-refractivity contribution < 1.29 is 13.2 Å². The molecule has 3 aromatic rings. The van der Waals surface area contributed by atoms with E-state index in [1.807, 2.05) is 0 Å². The molecule has 198 valence electrons. The average molecular weight is 554 g/mol. The molecule has 1 saturated heterocycles. The van der Waals surface area contributed by atoms with Crippen molar-refractivity contribution in [2.75, 3.05) is 28.0 Å². The largest absolute Gasteiger partial charge is 0.371 e. The van der Waals surface area contributed by atoms with E-state index in [0.717, 1.165) is 32.4 Å². The van der Waals surface area contributed by atoms with Crippen LogP contribution in [0.5, 0.6) is 0 Å². The van der Waals surface area contributed by atoms with Crippen LogP contribution >= 0.6 is 12.2 Å². The minimum Gasteiger partial charge on any atom is -0.371 e. The molecule has 1 aromatic heterocycles. The molecule has 13 heteroatoms. The summed E-state index contributed by atoms with van der Waals surface area (Å²) in [5.41, 5.74) is 2.91. The first-order valence-corrected chi connectivity index (χ1v) is 13.8. The lowest BCUT2D eigenvalue weighted by molar-refractivity contribution is 0.0978. The average Bonchev–Trinajstić information content (AvgIpc) is 2.88. The lowest BCUT2D eigenvalue weighted by atomic mass is 10.1. The number of aromatic nitrogens is 2. The molecule has 4 rings (SSSR count). The maximum Gasteiger partial charge on any atom is 0.264 e. The molecule has 1 amide bonds. The van der Waals surface area contributed by atoms with Crippen molar-refractivity contribution in [2.24, 2.45) is 5.18 Å². The van der Waals surface area contributed by atoms with Gasteiger partial charge in [0.1, 0.15) is 5.69 Å². The third-order valence-electron chi connectivity index (χ3n) is 5.88. The Balaban J connectivity index is 1.43. The maximum absolute atomic E-state index is 13.1. The number of amides is 1. The number of benzene rings is 2. The fraction of sp³-hybridized carbons (Fsp3) is 0.280. The minimum atomic E-state index is -3.91. The van der Waals surface area contributed by atoms with Crippen LogP contribution in [0.4, 0.5) is 23.0 Å². The predicted molar refractivity (Wildman–Crippen MR) is 150 cm³/mol. The molecule has 0 aliphatic carbocycles. The van der Waals surface area contributed by atoms with Crippen LogP contribution in [-0.4, -0.2) is 42.5 Å². The van der Waals surface area contributed by atoms with Crippen LogP contribution in [0.1, 0.15) is 41.0 Å². The summed E-state index contributed by atoms with van der Waals surface area (Å²) in [5, 5.41) is 8.47. The lowest BCUT2D eigenvalue weighted by Gasteiger charge is -2.30. The second-order valence-electron chi connectivity index (χ2n) is 8.85. The van der Waals surface area contributed by atoms with Gasteiger partial charge in [-0.3, -0.25) is 10.1 Å². The summed E-state index contributed by atoms with van der Waals surface area (Å²) in [7, 11) is -3.91. The van der Waals surface area contributed by atoms with Crippen molar-refractivity contribution >= 4 is 56.3 Å². The molecule has 0 saturated carbocycles. The summed E-state index contributed by atoms with van der Waals surface area (Å²) < 4.78 is 27.9. The van der Waals surface area contributed by atoms with Gasteiger partial charge < -0.3 is 10.2 Å². The van der Waals surface area contributed by atoms with Gasteiger partial charge in [-0.15, -0.1) is 4.91 Å². The quantitative estimate of drug-likeness (QED) is 0.286. The second kappa shape index (κ2) is 11.6. The highest BCUT2D eigenvalue weighted by Crippen LogP contribution is 2.28. The Morgan fingerprint density at radius 2 is 1.63 bits per heavy atom. The normalized spacial score (nSPS) is 13.5. The summed E-state index contributed by atoms with van der Waals surface area (Å²) in [4.78, 5) is 34.5. The standard InChI is InChI=1S/C25H27N7O4S2/c1-16-14-17(2)27-24(26-16)31-38(35,36)20-9-6-18(7-10-20)28-25(37)29-23(33)21-15-19(30-34)8-11-22(21)32-12-4-3-5-13-32/h6-11,14-15H,3-5,12-13H2,1-2H3,(H,26,27,31)(H2,28,29,33,37). The molecule has 0 spiro atoms. The first kappa shape index (κ1) is 27.1. The van der Waals surface area contributed by atoms with E-state index in [1.54, 1.807) is 32.0 Å². The smallest absolute Gasteiger partial charge is 0.264 e. The van der Waals surface area contributed by atoms with Crippen LogP contribution in [0.25, 0.3) is 0 Å². The van der Waals surface area contributed by atoms with E-state index in [4.69, 9.17) is 12.2 Å². The maximum atomic E-state index is 13.1. The number of sulfonamides is 1. The fourth-order valence-corrected chi connectivity index (χ4v) is 5.33. The van der Waals surface area contributed by atoms with Gasteiger partial charge >= 0.3 is 0 Å². The SMILES string of the molecule is Cc1cc(C)nc(NS(=O)(=O)c2ccc(NC(=S)NC(=O)c3cc(N=O)ccc3N3CCCCC3)cc2)n1. The van der Waals surface area contributed by atoms with E-state index in [1.165, 1.54) is 30.3 Å². The topological polar surface area (TPSA) is 146 Å². The van der Waals surface area contributed by atoms with Crippen LogP contribution in [0.3, 0.4) is 0 Å². The number of carbonyl (C=O) groups is 1. The van der Waals surface area contributed by atoms with Crippen molar-refractivity contribution in [1.29, 1.82) is 0 Å². The highest BCUT2D eigenvalue weighted by atomic mass is 32.2. The number of hydrogen-bond donors (Lipinski definition) is 3. The van der Waals surface area contributed by atoms with Crippen molar-refractivity contribution in [3.05, 3.63) is 70.4 Å². The molecule has 0 atom stereocenters. The summed E-state index contributed by atoms with van der Waals surface area (Å²) in [5.74, 6) is -0.489. The Morgan fingerprint density at radius 1 is 0.974 bits per heavy atom. The zero-order valence-corrected chi connectivity index (χ0v) is 22.5. The first-order chi connectivity index (χ1) is 18.1. The van der Waals surface area contributed by atoms with Gasteiger partial charge in [-0.05, 0) is 99.0 Å². The molecular weight excluding hydrogens is 526 g/mol. The summed E-state index contributed by atoms with van der Waals surface area (Å²) in [6, 6.07) is 12.3. The second-order valence-corrected chi connectivity index (χ2v) is 10.9. The van der Waals surface area contributed by atoms with Gasteiger partial charge in [0, 0.05) is 35.9 Å². The zero-order valence-electron chi connectivity index (χ0n) is 20.9. The van der Waals surface area contributed by atoms with Crippen molar-refractivity contribution in [2.45, 2.75) is 38.0 Å². The number of nitrogens with one attached hydrogen (secondary N) is 3. The predicted octanol–water partition coefficient (Wildman–Crippen LogP) is 4.41. The molecular formula is C25H27N7O4S2.